The van der Waals surface area contributed by atoms with Gasteiger partial charge >= 0.3 is 0 Å². The number of carbonyl (C=O) groups excluding carboxylic acids is 2. The van der Waals surface area contributed by atoms with E-state index in [1.807, 2.05) is 0 Å². The fraction of sp³-hybridized carbons (Fsp3) is 0.273. The van der Waals surface area contributed by atoms with Gasteiger partial charge in [0.2, 0.25) is 5.91 Å². The van der Waals surface area contributed by atoms with Gasteiger partial charge in [0.15, 0.2) is 5.60 Å². The van der Waals surface area contributed by atoms with Crippen molar-refractivity contribution in [1.82, 2.24) is 5.32 Å². The van der Waals surface area contributed by atoms with Crippen molar-refractivity contribution in [1.29, 1.82) is 0 Å². The molecule has 6 nitrogen and oxygen atoms in total. The zero-order valence-corrected chi connectivity index (χ0v) is 10.4. The van der Waals surface area contributed by atoms with Gasteiger partial charge in [0, 0.05) is 0 Å². The summed E-state index contributed by atoms with van der Waals surface area (Å²) in [6.07, 6.45) is 0.497. The van der Waals surface area contributed by atoms with Crippen LogP contribution >= 0.6 is 0 Å². The van der Waals surface area contributed by atoms with E-state index in [0.29, 0.717) is 5.56 Å². The lowest BCUT2D eigenvalue weighted by Crippen LogP contribution is -2.39. The van der Waals surface area contributed by atoms with Crippen LogP contribution in [-0.4, -0.2) is 26.5 Å². The lowest BCUT2D eigenvalue weighted by atomic mass is 9.92. The van der Waals surface area contributed by atoms with E-state index in [2.05, 4.69) is 5.32 Å². The molecule has 1 aromatic carbocycles. The molecule has 1 atom stereocenters. The number of imide groups is 1. The van der Waals surface area contributed by atoms with Crippen molar-refractivity contribution >= 4 is 21.9 Å². The fourth-order valence-corrected chi connectivity index (χ4v) is 2.64. The van der Waals surface area contributed by atoms with Gasteiger partial charge in [0.25, 0.3) is 16.0 Å². The first-order valence-corrected chi connectivity index (χ1v) is 6.95. The third-order valence-corrected chi connectivity index (χ3v) is 3.15. The Morgan fingerprint density at radius 3 is 2.28 bits per heavy atom. The second-order valence-electron chi connectivity index (χ2n) is 4.03. The molecule has 0 saturated carbocycles. The molecule has 96 valence electrons. The largest absolute Gasteiger partial charge is 0.293 e. The van der Waals surface area contributed by atoms with Gasteiger partial charge in [-0.25, -0.2) is 4.18 Å². The zero-order chi connectivity index (χ0) is 13.4. The van der Waals surface area contributed by atoms with Crippen LogP contribution in [0.25, 0.3) is 0 Å². The maximum absolute atomic E-state index is 11.9. The number of carbonyl (C=O) groups is 2. The third-order valence-electron chi connectivity index (χ3n) is 2.56. The maximum atomic E-state index is 11.9. The Hall–Kier alpha value is -1.73. The summed E-state index contributed by atoms with van der Waals surface area (Å²) >= 11 is 0. The number of rotatable bonds is 3. The van der Waals surface area contributed by atoms with Gasteiger partial charge in [-0.3, -0.25) is 14.9 Å². The van der Waals surface area contributed by atoms with E-state index in [-0.39, 0.29) is 6.42 Å². The average Bonchev–Trinajstić information content (AvgIpc) is 2.53. The molecule has 1 aromatic rings. The molecule has 0 aromatic heterocycles. The van der Waals surface area contributed by atoms with Crippen LogP contribution in [0.4, 0.5) is 0 Å². The number of hydrogen-bond donors (Lipinski definition) is 1. The first-order chi connectivity index (χ1) is 8.33. The summed E-state index contributed by atoms with van der Waals surface area (Å²) < 4.78 is 27.5. The highest BCUT2D eigenvalue weighted by molar-refractivity contribution is 7.86. The number of hydrogen-bond acceptors (Lipinski definition) is 5. The van der Waals surface area contributed by atoms with Gasteiger partial charge in [-0.05, 0) is 5.56 Å². The molecule has 2 amide bonds. The molecular formula is C11H11NO5S. The molecule has 0 radical (unpaired) electrons. The molecule has 1 saturated heterocycles. The van der Waals surface area contributed by atoms with Crippen molar-refractivity contribution in [3.63, 3.8) is 0 Å². The minimum atomic E-state index is -3.88. The highest BCUT2D eigenvalue weighted by Gasteiger charge is 2.51. The minimum absolute atomic E-state index is 0.332. The van der Waals surface area contributed by atoms with E-state index in [9.17, 15) is 18.0 Å². The van der Waals surface area contributed by atoms with Crippen LogP contribution in [0, 0.1) is 0 Å². The molecule has 0 aliphatic carbocycles. The van der Waals surface area contributed by atoms with Crippen molar-refractivity contribution in [2.75, 3.05) is 6.26 Å². The first-order valence-electron chi connectivity index (χ1n) is 5.14. The summed E-state index contributed by atoms with van der Waals surface area (Å²) in [6.45, 7) is 0. The molecule has 18 heavy (non-hydrogen) atoms. The topological polar surface area (TPSA) is 89.5 Å². The highest BCUT2D eigenvalue weighted by atomic mass is 32.2. The predicted octanol–water partition coefficient (Wildman–Crippen LogP) is -0.0954. The Kier molecular flexibility index (Phi) is 2.95. The van der Waals surface area contributed by atoms with Gasteiger partial charge in [-0.15, -0.1) is 0 Å². The standard InChI is InChI=1S/C11H11NO5S/c1-18(15,16)17-11(7-9(13)12-10(11)14)8-5-3-2-4-6-8/h2-6H,7H2,1H3,(H,12,13,14). The molecule has 1 fully saturated rings. The van der Waals surface area contributed by atoms with Crippen molar-refractivity contribution in [3.8, 4) is 0 Å². The van der Waals surface area contributed by atoms with Crippen LogP contribution in [0.3, 0.4) is 0 Å². The molecule has 0 spiro atoms. The van der Waals surface area contributed by atoms with Gasteiger partial charge < -0.3 is 0 Å². The summed E-state index contributed by atoms with van der Waals surface area (Å²) in [5, 5.41) is 2.06. The monoisotopic (exact) mass is 269 g/mol. The average molecular weight is 269 g/mol. The number of nitrogens with one attached hydrogen (secondary N) is 1. The highest BCUT2D eigenvalue weighted by Crippen LogP contribution is 2.35. The summed E-state index contributed by atoms with van der Waals surface area (Å²) in [4.78, 5) is 23.2. The Bertz CT molecular complexity index is 595. The SMILES string of the molecule is CS(=O)(=O)OC1(c2ccccc2)CC(=O)NC1=O. The fourth-order valence-electron chi connectivity index (χ4n) is 1.89. The summed E-state index contributed by atoms with van der Waals surface area (Å²) in [7, 11) is -3.88. The second kappa shape index (κ2) is 4.18. The third kappa shape index (κ3) is 2.27. The molecule has 1 N–H and O–H groups in total. The van der Waals surface area contributed by atoms with Gasteiger partial charge in [0.05, 0.1) is 12.7 Å². The lowest BCUT2D eigenvalue weighted by Gasteiger charge is -2.24. The van der Waals surface area contributed by atoms with Crippen molar-refractivity contribution in [3.05, 3.63) is 35.9 Å². The van der Waals surface area contributed by atoms with Crippen LogP contribution < -0.4 is 5.32 Å². The van der Waals surface area contributed by atoms with Crippen LogP contribution in [0.15, 0.2) is 30.3 Å². The zero-order valence-electron chi connectivity index (χ0n) is 9.54. The number of amides is 2. The first kappa shape index (κ1) is 12.7. The van der Waals surface area contributed by atoms with E-state index in [0.717, 1.165) is 6.26 Å². The molecule has 1 aliphatic heterocycles. The van der Waals surface area contributed by atoms with Crippen molar-refractivity contribution in [2.45, 2.75) is 12.0 Å². The molecule has 7 heteroatoms. The van der Waals surface area contributed by atoms with Crippen molar-refractivity contribution in [2.24, 2.45) is 0 Å². The summed E-state index contributed by atoms with van der Waals surface area (Å²) in [5.74, 6) is -1.32. The molecule has 1 unspecified atom stereocenters. The van der Waals surface area contributed by atoms with Crippen LogP contribution in [-0.2, 0) is 29.5 Å². The second-order valence-corrected chi connectivity index (χ2v) is 5.61. The van der Waals surface area contributed by atoms with Crippen molar-refractivity contribution < 1.29 is 22.2 Å². The van der Waals surface area contributed by atoms with E-state index >= 15 is 0 Å². The molecule has 0 bridgehead atoms. The molecule has 1 aliphatic rings. The van der Waals surface area contributed by atoms with E-state index in [1.54, 1.807) is 30.3 Å². The lowest BCUT2D eigenvalue weighted by molar-refractivity contribution is -0.133. The smallest absolute Gasteiger partial charge is 0.265 e. The van der Waals surface area contributed by atoms with Crippen LogP contribution in [0.1, 0.15) is 12.0 Å². The van der Waals surface area contributed by atoms with Gasteiger partial charge in [-0.2, -0.15) is 8.42 Å². The summed E-state index contributed by atoms with van der Waals surface area (Å²) in [6, 6.07) is 8.08. The Balaban J connectivity index is 2.54. The minimum Gasteiger partial charge on any atom is -0.293 e. The van der Waals surface area contributed by atoms with E-state index in [4.69, 9.17) is 4.18 Å². The van der Waals surface area contributed by atoms with Crippen LogP contribution in [0.5, 0.6) is 0 Å². The Morgan fingerprint density at radius 1 is 1.22 bits per heavy atom. The van der Waals surface area contributed by atoms with E-state index in [1.165, 1.54) is 0 Å². The molecular weight excluding hydrogens is 258 g/mol. The molecule has 2 rings (SSSR count). The normalized spacial score (nSPS) is 24.1. The Labute approximate surface area is 104 Å². The summed E-state index contributed by atoms with van der Waals surface area (Å²) in [5.41, 5.74) is -1.45. The van der Waals surface area contributed by atoms with Gasteiger partial charge in [-0.1, -0.05) is 30.3 Å². The van der Waals surface area contributed by atoms with Crippen LogP contribution in [0.2, 0.25) is 0 Å². The quantitative estimate of drug-likeness (QED) is 0.611. The molecule has 1 heterocycles. The maximum Gasteiger partial charge on any atom is 0.265 e. The Morgan fingerprint density at radius 2 is 1.83 bits per heavy atom. The van der Waals surface area contributed by atoms with Gasteiger partial charge in [0.1, 0.15) is 0 Å². The predicted molar refractivity (Wildman–Crippen MR) is 61.8 cm³/mol. The van der Waals surface area contributed by atoms with E-state index < -0.39 is 27.5 Å². The number of benzene rings is 1.